The molecule has 2 heterocycles. The van der Waals surface area contributed by atoms with Gasteiger partial charge in [0, 0.05) is 12.8 Å². The zero-order valence-electron chi connectivity index (χ0n) is 16.1. The molecular formula is C22H22F3NO4. The van der Waals surface area contributed by atoms with E-state index in [4.69, 9.17) is 9.47 Å². The predicted molar refractivity (Wildman–Crippen MR) is 101 cm³/mol. The second-order valence-electron chi connectivity index (χ2n) is 7.81. The smallest absolute Gasteiger partial charge is 0.416 e. The highest BCUT2D eigenvalue weighted by atomic mass is 19.4. The number of carbonyl (C=O) groups excluding carboxylic acids is 1. The maximum absolute atomic E-state index is 12.8. The Morgan fingerprint density at radius 1 is 1.07 bits per heavy atom. The number of morpholine rings is 1. The third kappa shape index (κ3) is 4.15. The number of piperidine rings is 1. The lowest BCUT2D eigenvalue weighted by molar-refractivity contribution is -0.139. The van der Waals surface area contributed by atoms with Gasteiger partial charge in [0.2, 0.25) is 0 Å². The number of halogens is 3. The summed E-state index contributed by atoms with van der Waals surface area (Å²) in [5.41, 5.74) is -0.824. The number of hydrogen-bond acceptors (Lipinski definition) is 4. The van der Waals surface area contributed by atoms with Gasteiger partial charge >= 0.3 is 12.3 Å². The molecule has 2 bridgehead atoms. The van der Waals surface area contributed by atoms with Gasteiger partial charge in [-0.2, -0.15) is 13.2 Å². The van der Waals surface area contributed by atoms with Crippen LogP contribution in [0, 0.1) is 0 Å². The number of aliphatic hydroxyl groups is 1. The predicted octanol–water partition coefficient (Wildman–Crippen LogP) is 4.09. The fourth-order valence-corrected chi connectivity index (χ4v) is 4.27. The normalized spacial score (nSPS) is 26.3. The van der Waals surface area contributed by atoms with Crippen LogP contribution in [0.1, 0.15) is 29.5 Å². The summed E-state index contributed by atoms with van der Waals surface area (Å²) in [5, 5.41) is 11.2. The monoisotopic (exact) mass is 421 g/mol. The van der Waals surface area contributed by atoms with E-state index in [1.807, 2.05) is 30.3 Å². The van der Waals surface area contributed by atoms with Crippen LogP contribution in [0.5, 0.6) is 0 Å². The van der Waals surface area contributed by atoms with Crippen LogP contribution >= 0.6 is 0 Å². The highest BCUT2D eigenvalue weighted by Crippen LogP contribution is 2.42. The molecule has 2 aliphatic heterocycles. The average Bonchev–Trinajstić information content (AvgIpc) is 2.71. The number of carbonyl (C=O) groups is 1. The molecule has 1 amide bonds. The van der Waals surface area contributed by atoms with E-state index in [-0.39, 0.29) is 32.7 Å². The molecule has 4 rings (SSSR count). The minimum absolute atomic E-state index is 0.139. The molecule has 160 valence electrons. The van der Waals surface area contributed by atoms with Gasteiger partial charge in [-0.05, 0) is 23.3 Å². The zero-order valence-corrected chi connectivity index (χ0v) is 16.1. The summed E-state index contributed by atoms with van der Waals surface area (Å²) in [4.78, 5) is 14.3. The van der Waals surface area contributed by atoms with E-state index < -0.39 is 35.5 Å². The number of rotatable bonds is 3. The first-order valence-corrected chi connectivity index (χ1v) is 9.73. The molecular weight excluding hydrogens is 399 g/mol. The van der Waals surface area contributed by atoms with Crippen molar-refractivity contribution in [2.45, 2.75) is 43.3 Å². The van der Waals surface area contributed by atoms with Crippen LogP contribution in [0.3, 0.4) is 0 Å². The number of alkyl halides is 3. The van der Waals surface area contributed by atoms with E-state index in [0.29, 0.717) is 5.56 Å². The zero-order chi connectivity index (χ0) is 21.4. The molecule has 1 N–H and O–H groups in total. The van der Waals surface area contributed by atoms with Gasteiger partial charge in [0.05, 0.1) is 36.5 Å². The third-order valence-corrected chi connectivity index (χ3v) is 5.72. The van der Waals surface area contributed by atoms with Crippen molar-refractivity contribution in [1.82, 2.24) is 4.90 Å². The first kappa shape index (κ1) is 20.7. The number of ether oxygens (including phenoxy) is 2. The van der Waals surface area contributed by atoms with Gasteiger partial charge in [0.25, 0.3) is 0 Å². The lowest BCUT2D eigenvalue weighted by Crippen LogP contribution is -2.62. The number of benzene rings is 2. The van der Waals surface area contributed by atoms with Crippen molar-refractivity contribution in [3.8, 4) is 0 Å². The van der Waals surface area contributed by atoms with E-state index in [1.54, 1.807) is 4.90 Å². The summed E-state index contributed by atoms with van der Waals surface area (Å²) in [6.45, 7) is 0.611. The average molecular weight is 421 g/mol. The van der Waals surface area contributed by atoms with Gasteiger partial charge in [-0.25, -0.2) is 4.79 Å². The third-order valence-electron chi connectivity index (χ3n) is 5.72. The molecule has 5 nitrogen and oxygen atoms in total. The second kappa shape index (κ2) is 7.92. The van der Waals surface area contributed by atoms with Crippen LogP contribution in [0.2, 0.25) is 0 Å². The Bertz CT molecular complexity index is 872. The maximum Gasteiger partial charge on any atom is 0.416 e. The van der Waals surface area contributed by atoms with E-state index in [0.717, 1.165) is 17.7 Å². The number of nitrogens with zero attached hydrogens (tertiary/aromatic N) is 1. The van der Waals surface area contributed by atoms with Crippen molar-refractivity contribution in [1.29, 1.82) is 0 Å². The quantitative estimate of drug-likeness (QED) is 0.811. The van der Waals surface area contributed by atoms with Crippen LogP contribution in [-0.2, 0) is 27.9 Å². The number of hydrogen-bond donors (Lipinski definition) is 1. The lowest BCUT2D eigenvalue weighted by atomic mass is 9.77. The van der Waals surface area contributed by atoms with Crippen molar-refractivity contribution in [3.63, 3.8) is 0 Å². The van der Waals surface area contributed by atoms with Crippen LogP contribution in [0.15, 0.2) is 54.6 Å². The molecule has 0 aromatic heterocycles. The SMILES string of the molecule is O=C(OCc1ccccc1)N1C2COCC1CC(O)(c1ccc(C(F)(F)F)cc1)C2. The molecule has 0 aliphatic carbocycles. The van der Waals surface area contributed by atoms with Gasteiger partial charge in [0.15, 0.2) is 0 Å². The van der Waals surface area contributed by atoms with Gasteiger partial charge in [-0.1, -0.05) is 42.5 Å². The van der Waals surface area contributed by atoms with Gasteiger partial charge in [-0.3, -0.25) is 4.90 Å². The van der Waals surface area contributed by atoms with E-state index in [2.05, 4.69) is 0 Å². The lowest BCUT2D eigenvalue weighted by Gasteiger charge is -2.51. The molecule has 8 heteroatoms. The summed E-state index contributed by atoms with van der Waals surface area (Å²) in [6.07, 6.45) is -4.59. The van der Waals surface area contributed by atoms with Crippen molar-refractivity contribution in [2.24, 2.45) is 0 Å². The molecule has 2 aliphatic rings. The Morgan fingerprint density at radius 3 is 2.23 bits per heavy atom. The summed E-state index contributed by atoms with van der Waals surface area (Å²) in [6, 6.07) is 13.0. The minimum Gasteiger partial charge on any atom is -0.445 e. The standard InChI is InChI=1S/C22H22F3NO4/c23-22(24,25)17-8-6-16(7-9-17)21(28)10-18-13-29-14-19(11-21)26(18)20(27)30-12-15-4-2-1-3-5-15/h1-9,18-19,28H,10-14H2. The van der Waals surface area contributed by atoms with Crippen molar-refractivity contribution < 1.29 is 32.5 Å². The summed E-state index contributed by atoms with van der Waals surface area (Å²) in [5.74, 6) is 0. The Kier molecular flexibility index (Phi) is 5.46. The van der Waals surface area contributed by atoms with Crippen LogP contribution < -0.4 is 0 Å². The second-order valence-corrected chi connectivity index (χ2v) is 7.81. The summed E-state index contributed by atoms with van der Waals surface area (Å²) >= 11 is 0. The fraction of sp³-hybridized carbons (Fsp3) is 0.409. The maximum atomic E-state index is 12.8. The molecule has 2 unspecified atom stereocenters. The molecule has 2 atom stereocenters. The Labute approximate surface area is 172 Å². The van der Waals surface area contributed by atoms with Crippen molar-refractivity contribution >= 4 is 6.09 Å². The first-order chi connectivity index (χ1) is 14.3. The highest BCUT2D eigenvalue weighted by molar-refractivity contribution is 5.69. The molecule has 2 fully saturated rings. The van der Waals surface area contributed by atoms with Gasteiger partial charge < -0.3 is 14.6 Å². The van der Waals surface area contributed by atoms with Crippen LogP contribution in [0.25, 0.3) is 0 Å². The molecule has 0 radical (unpaired) electrons. The van der Waals surface area contributed by atoms with E-state index >= 15 is 0 Å². The number of amides is 1. The molecule has 2 aromatic rings. The molecule has 0 saturated carbocycles. The van der Waals surface area contributed by atoms with Gasteiger partial charge in [0.1, 0.15) is 6.61 Å². The Hall–Kier alpha value is -2.58. The Morgan fingerprint density at radius 2 is 1.67 bits per heavy atom. The molecule has 30 heavy (non-hydrogen) atoms. The molecule has 2 aromatic carbocycles. The fourth-order valence-electron chi connectivity index (χ4n) is 4.27. The summed E-state index contributed by atoms with van der Waals surface area (Å²) in [7, 11) is 0. The van der Waals surface area contributed by atoms with Crippen molar-refractivity contribution in [3.05, 3.63) is 71.3 Å². The molecule has 2 saturated heterocycles. The Balaban J connectivity index is 1.48. The summed E-state index contributed by atoms with van der Waals surface area (Å²) < 4.78 is 49.5. The minimum atomic E-state index is -4.43. The van der Waals surface area contributed by atoms with E-state index in [9.17, 15) is 23.1 Å². The topological polar surface area (TPSA) is 59.0 Å². The first-order valence-electron chi connectivity index (χ1n) is 9.73. The van der Waals surface area contributed by atoms with Gasteiger partial charge in [-0.15, -0.1) is 0 Å². The van der Waals surface area contributed by atoms with E-state index in [1.165, 1.54) is 12.1 Å². The van der Waals surface area contributed by atoms with Crippen molar-refractivity contribution in [2.75, 3.05) is 13.2 Å². The molecule has 0 spiro atoms. The number of fused-ring (bicyclic) bond motifs is 2. The van der Waals surface area contributed by atoms with Crippen LogP contribution in [0.4, 0.5) is 18.0 Å². The largest absolute Gasteiger partial charge is 0.445 e. The van der Waals surface area contributed by atoms with Crippen LogP contribution in [-0.4, -0.2) is 41.4 Å². The highest BCUT2D eigenvalue weighted by Gasteiger charge is 2.49.